The lowest BCUT2D eigenvalue weighted by molar-refractivity contribution is 0.477. The molecular weight excluding hydrogens is 310 g/mol. The van der Waals surface area contributed by atoms with Gasteiger partial charge in [0.15, 0.2) is 10.3 Å². The second-order valence-electron chi connectivity index (χ2n) is 4.43. The molecule has 2 heterocycles. The minimum atomic E-state index is -3.94. The largest absolute Gasteiger partial charge is 0.356 e. The smallest absolute Gasteiger partial charge is 0.340 e. The first-order valence-corrected chi connectivity index (χ1v) is 8.33. The summed E-state index contributed by atoms with van der Waals surface area (Å²) in [5.74, 6) is 0.389. The van der Waals surface area contributed by atoms with Crippen molar-refractivity contribution in [2.24, 2.45) is 0 Å². The highest BCUT2D eigenvalue weighted by atomic mass is 32.2. The molecule has 0 spiro atoms. The molecule has 0 amide bonds. The van der Waals surface area contributed by atoms with Crippen molar-refractivity contribution in [3.8, 4) is 5.88 Å². The maximum absolute atomic E-state index is 12.3. The third kappa shape index (κ3) is 2.72. The standard InChI is InChI=1S/C13H11N3O3S2/c1-8-3-5-10(6-4-8)21(17,18)19-12-11-13(20-7-14-11)16-9(2)15-12/h3-7H,1-2H3. The average molecular weight is 321 g/mol. The van der Waals surface area contributed by atoms with E-state index in [2.05, 4.69) is 15.0 Å². The predicted octanol–water partition coefficient (Wildman–Crippen LogP) is 2.47. The molecule has 0 saturated heterocycles. The number of nitrogens with zero attached hydrogens (tertiary/aromatic N) is 3. The van der Waals surface area contributed by atoms with Crippen molar-refractivity contribution < 1.29 is 12.6 Å². The molecule has 0 bridgehead atoms. The van der Waals surface area contributed by atoms with Crippen LogP contribution in [0.25, 0.3) is 10.3 Å². The highest BCUT2D eigenvalue weighted by molar-refractivity contribution is 7.87. The van der Waals surface area contributed by atoms with E-state index in [0.717, 1.165) is 5.56 Å². The molecule has 8 heteroatoms. The molecule has 3 rings (SSSR count). The number of hydrogen-bond acceptors (Lipinski definition) is 7. The highest BCUT2D eigenvalue weighted by Gasteiger charge is 2.20. The summed E-state index contributed by atoms with van der Waals surface area (Å²) in [5.41, 5.74) is 2.89. The molecule has 21 heavy (non-hydrogen) atoms. The van der Waals surface area contributed by atoms with Gasteiger partial charge in [-0.2, -0.15) is 13.4 Å². The van der Waals surface area contributed by atoms with Crippen LogP contribution in [-0.4, -0.2) is 23.4 Å². The molecular formula is C13H11N3O3S2. The van der Waals surface area contributed by atoms with E-state index in [0.29, 0.717) is 16.2 Å². The van der Waals surface area contributed by atoms with Gasteiger partial charge >= 0.3 is 10.1 Å². The first-order chi connectivity index (χ1) is 9.95. The SMILES string of the molecule is Cc1ccc(S(=O)(=O)Oc2nc(C)nc3scnc23)cc1. The average Bonchev–Trinajstić information content (AvgIpc) is 2.87. The molecule has 0 radical (unpaired) electrons. The lowest BCUT2D eigenvalue weighted by Crippen LogP contribution is -2.11. The van der Waals surface area contributed by atoms with Crippen LogP contribution in [0.2, 0.25) is 0 Å². The first kappa shape index (κ1) is 13.9. The summed E-state index contributed by atoms with van der Waals surface area (Å²) in [6.07, 6.45) is 0. The summed E-state index contributed by atoms with van der Waals surface area (Å²) >= 11 is 1.30. The third-order valence-electron chi connectivity index (χ3n) is 2.78. The zero-order valence-electron chi connectivity index (χ0n) is 11.3. The molecule has 0 aliphatic carbocycles. The maximum atomic E-state index is 12.3. The van der Waals surface area contributed by atoms with E-state index in [1.54, 1.807) is 24.6 Å². The number of benzene rings is 1. The molecule has 2 aromatic heterocycles. The zero-order valence-corrected chi connectivity index (χ0v) is 12.9. The van der Waals surface area contributed by atoms with E-state index in [1.807, 2.05) is 6.92 Å². The van der Waals surface area contributed by atoms with Crippen LogP contribution in [0, 0.1) is 13.8 Å². The molecule has 1 aromatic carbocycles. The number of aromatic nitrogens is 3. The number of rotatable bonds is 3. The van der Waals surface area contributed by atoms with Crippen molar-refractivity contribution >= 4 is 31.8 Å². The molecule has 0 saturated carbocycles. The fraction of sp³-hybridized carbons (Fsp3) is 0.154. The van der Waals surface area contributed by atoms with Gasteiger partial charge in [0.05, 0.1) is 5.51 Å². The van der Waals surface area contributed by atoms with Crippen molar-refractivity contribution in [3.63, 3.8) is 0 Å². The Morgan fingerprint density at radius 3 is 2.52 bits per heavy atom. The number of thiazole rings is 1. The summed E-state index contributed by atoms with van der Waals surface area (Å²) < 4.78 is 29.7. The van der Waals surface area contributed by atoms with Gasteiger partial charge in [0, 0.05) is 0 Å². The van der Waals surface area contributed by atoms with E-state index in [1.165, 1.54) is 23.5 Å². The summed E-state index contributed by atoms with van der Waals surface area (Å²) in [6, 6.07) is 6.41. The van der Waals surface area contributed by atoms with Crippen molar-refractivity contribution in [1.29, 1.82) is 0 Å². The molecule has 0 N–H and O–H groups in total. The van der Waals surface area contributed by atoms with Gasteiger partial charge in [0.1, 0.15) is 10.7 Å². The molecule has 0 aliphatic heterocycles. The summed E-state index contributed by atoms with van der Waals surface area (Å²) in [4.78, 5) is 12.9. The molecule has 0 unspecified atom stereocenters. The zero-order chi connectivity index (χ0) is 15.0. The second-order valence-corrected chi connectivity index (χ2v) is 6.81. The minimum absolute atomic E-state index is 0.0423. The van der Waals surface area contributed by atoms with Gasteiger partial charge in [0.2, 0.25) is 0 Å². The topological polar surface area (TPSA) is 82.0 Å². The van der Waals surface area contributed by atoms with Crippen molar-refractivity contribution in [2.75, 3.05) is 0 Å². The van der Waals surface area contributed by atoms with E-state index in [-0.39, 0.29) is 10.8 Å². The van der Waals surface area contributed by atoms with Crippen molar-refractivity contribution in [1.82, 2.24) is 15.0 Å². The third-order valence-corrected chi connectivity index (χ3v) is 4.72. The summed E-state index contributed by atoms with van der Waals surface area (Å²) in [5, 5.41) is 0. The Labute approximate surface area is 125 Å². The highest BCUT2D eigenvalue weighted by Crippen LogP contribution is 2.26. The predicted molar refractivity (Wildman–Crippen MR) is 78.9 cm³/mol. The van der Waals surface area contributed by atoms with Crippen molar-refractivity contribution in [2.45, 2.75) is 18.7 Å². The van der Waals surface area contributed by atoms with Gasteiger partial charge in [0.25, 0.3) is 5.88 Å². The molecule has 0 aliphatic rings. The van der Waals surface area contributed by atoms with Gasteiger partial charge in [-0.1, -0.05) is 17.7 Å². The van der Waals surface area contributed by atoms with Crippen LogP contribution in [0.15, 0.2) is 34.7 Å². The molecule has 0 fully saturated rings. The molecule has 108 valence electrons. The van der Waals surface area contributed by atoms with Crippen molar-refractivity contribution in [3.05, 3.63) is 41.2 Å². The Kier molecular flexibility index (Phi) is 3.34. The summed E-state index contributed by atoms with van der Waals surface area (Å²) in [7, 11) is -3.94. The first-order valence-electron chi connectivity index (χ1n) is 6.05. The van der Waals surface area contributed by atoms with Crippen LogP contribution in [0.4, 0.5) is 0 Å². The second kappa shape index (κ2) is 5.05. The van der Waals surface area contributed by atoms with Crippen LogP contribution >= 0.6 is 11.3 Å². The monoisotopic (exact) mass is 321 g/mol. The maximum Gasteiger partial charge on any atom is 0.340 e. The number of hydrogen-bond donors (Lipinski definition) is 0. The van der Waals surface area contributed by atoms with Crippen LogP contribution in [0.5, 0.6) is 5.88 Å². The van der Waals surface area contributed by atoms with Gasteiger partial charge in [-0.15, -0.1) is 11.3 Å². The lowest BCUT2D eigenvalue weighted by atomic mass is 10.2. The van der Waals surface area contributed by atoms with E-state index in [4.69, 9.17) is 4.18 Å². The minimum Gasteiger partial charge on any atom is -0.356 e. The van der Waals surface area contributed by atoms with Crippen LogP contribution in [0.3, 0.4) is 0 Å². The lowest BCUT2D eigenvalue weighted by Gasteiger charge is -2.07. The van der Waals surface area contributed by atoms with Gasteiger partial charge < -0.3 is 4.18 Å². The molecule has 0 atom stereocenters. The normalized spacial score (nSPS) is 11.7. The molecule has 3 aromatic rings. The molecule has 6 nitrogen and oxygen atoms in total. The Hall–Kier alpha value is -2.06. The van der Waals surface area contributed by atoms with Gasteiger partial charge in [-0.05, 0) is 26.0 Å². The Balaban J connectivity index is 2.05. The van der Waals surface area contributed by atoms with Gasteiger partial charge in [-0.3, -0.25) is 0 Å². The van der Waals surface area contributed by atoms with E-state index >= 15 is 0 Å². The van der Waals surface area contributed by atoms with Crippen LogP contribution in [0.1, 0.15) is 11.4 Å². The number of fused-ring (bicyclic) bond motifs is 1. The van der Waals surface area contributed by atoms with E-state index < -0.39 is 10.1 Å². The fourth-order valence-corrected chi connectivity index (χ4v) is 3.34. The fourth-order valence-electron chi connectivity index (χ4n) is 1.75. The quantitative estimate of drug-likeness (QED) is 0.689. The van der Waals surface area contributed by atoms with Crippen LogP contribution < -0.4 is 4.18 Å². The van der Waals surface area contributed by atoms with E-state index in [9.17, 15) is 8.42 Å². The Morgan fingerprint density at radius 2 is 1.81 bits per heavy atom. The number of aryl methyl sites for hydroxylation is 2. The van der Waals surface area contributed by atoms with Gasteiger partial charge in [-0.25, -0.2) is 9.97 Å². The summed E-state index contributed by atoms with van der Waals surface area (Å²) in [6.45, 7) is 3.55. The Morgan fingerprint density at radius 1 is 1.10 bits per heavy atom. The Bertz CT molecular complexity index is 902. The van der Waals surface area contributed by atoms with Crippen LogP contribution in [-0.2, 0) is 10.1 Å².